The topological polar surface area (TPSA) is 272 Å². The molecule has 24 heteroatoms. The first-order valence-corrected chi connectivity index (χ1v) is 22.4. The molecule has 2 aliphatic rings. The number of amides is 2. The minimum absolute atomic E-state index is 0.0385. The fourth-order valence-corrected chi connectivity index (χ4v) is 8.57. The molecule has 62 heavy (non-hydrogen) atoms. The van der Waals surface area contributed by atoms with Gasteiger partial charge in [0.2, 0.25) is 17.7 Å². The van der Waals surface area contributed by atoms with E-state index in [1.807, 2.05) is 0 Å². The van der Waals surface area contributed by atoms with Crippen LogP contribution >= 0.6 is 11.6 Å². The molecule has 1 aliphatic heterocycles. The Hall–Kier alpha value is -5.20. The van der Waals surface area contributed by atoms with Gasteiger partial charge in [-0.3, -0.25) is 24.7 Å². The first-order chi connectivity index (χ1) is 29.3. The quantitative estimate of drug-likeness (QED) is 0.111. The number of rotatable bonds is 17. The number of sulfonamides is 1. The molecule has 0 spiro atoms. The zero-order chi connectivity index (χ0) is 45.8. The first kappa shape index (κ1) is 49.5. The number of ether oxygens (including phenoxy) is 6. The number of hydrogen-bond acceptors (Lipinski definition) is 18. The molecule has 0 radical (unpaired) electrons. The monoisotopic (exact) mass is 929 g/mol. The van der Waals surface area contributed by atoms with Crippen LogP contribution in [0.5, 0.6) is 11.8 Å². The fraction of sp³-hybridized carbons (Fsp3) is 0.474. The number of carbonyl (C=O) groups excluding carboxylic acids is 5. The molecule has 2 amide bonds. The molecular weight excluding hydrogens is 885 g/mol. The predicted molar refractivity (Wildman–Crippen MR) is 215 cm³/mol. The summed E-state index contributed by atoms with van der Waals surface area (Å²) < 4.78 is 96.6. The van der Waals surface area contributed by atoms with Gasteiger partial charge in [0.05, 0.1) is 49.5 Å². The molecule has 3 atom stereocenters. The van der Waals surface area contributed by atoms with E-state index in [2.05, 4.69) is 25.0 Å². The Balaban J connectivity index is 0.000000275. The van der Waals surface area contributed by atoms with Crippen LogP contribution in [0.15, 0.2) is 46.3 Å². The standard InChI is InChI=1S/C20H23ClO7S.C18H22FN5O8S/c1-29(25,26)17-8-7-13(20(24)18-15(22)5-2-6-16(18)23)19(21)14(17)11-27-10-12-4-3-9-28-12;1-10(19)16(32-14(25)9-29-2)15-11(6-5-7-20-15)33(27,28)24-18(26)23-17-21-12(30-3)8-13(22-17)31-4/h7-8,12,18H,2-6,9-11H2,1H3;5-8,10,16H,9H2,1-4H3,(H2,21,22,23,24,26). The number of urea groups is 1. The van der Waals surface area contributed by atoms with Crippen molar-refractivity contribution in [2.75, 3.05) is 52.7 Å². The van der Waals surface area contributed by atoms with Gasteiger partial charge in [0.1, 0.15) is 29.3 Å². The molecule has 3 aromatic rings. The fourth-order valence-electron chi connectivity index (χ4n) is 6.17. The molecule has 3 heterocycles. The Bertz CT molecular complexity index is 2330. The third-order valence-electron chi connectivity index (χ3n) is 9.04. The molecule has 0 bridgehead atoms. The third-order valence-corrected chi connectivity index (χ3v) is 12.0. The molecule has 2 aromatic heterocycles. The first-order valence-electron chi connectivity index (χ1n) is 18.7. The molecule has 2 N–H and O–H groups in total. The molecule has 5 rings (SSSR count). The van der Waals surface area contributed by atoms with Gasteiger partial charge in [-0.15, -0.1) is 0 Å². The van der Waals surface area contributed by atoms with Gasteiger partial charge >= 0.3 is 12.0 Å². The Morgan fingerprint density at radius 2 is 1.65 bits per heavy atom. The number of aromatic nitrogens is 3. The number of esters is 1. The van der Waals surface area contributed by atoms with Crippen molar-refractivity contribution in [2.24, 2.45) is 5.92 Å². The van der Waals surface area contributed by atoms with E-state index < -0.39 is 84.6 Å². The highest BCUT2D eigenvalue weighted by atomic mass is 35.5. The normalized spacial score (nSPS) is 16.7. The van der Waals surface area contributed by atoms with Crippen molar-refractivity contribution in [1.29, 1.82) is 0 Å². The average molecular weight is 930 g/mol. The van der Waals surface area contributed by atoms with Gasteiger partial charge in [-0.05, 0) is 50.5 Å². The number of nitrogens with one attached hydrogen (secondary N) is 2. The van der Waals surface area contributed by atoms with Crippen LogP contribution in [0.4, 0.5) is 15.1 Å². The van der Waals surface area contributed by atoms with Gasteiger partial charge < -0.3 is 28.4 Å². The molecule has 3 unspecified atom stereocenters. The van der Waals surface area contributed by atoms with Crippen molar-refractivity contribution in [1.82, 2.24) is 19.7 Å². The Morgan fingerprint density at radius 1 is 0.984 bits per heavy atom. The largest absolute Gasteiger partial charge is 0.481 e. The average Bonchev–Trinajstić information content (AvgIpc) is 3.73. The van der Waals surface area contributed by atoms with Gasteiger partial charge in [0.25, 0.3) is 10.0 Å². The summed E-state index contributed by atoms with van der Waals surface area (Å²) in [5.74, 6) is -4.06. The van der Waals surface area contributed by atoms with E-state index in [0.717, 1.165) is 32.1 Å². The number of alkyl halides is 1. The number of halogens is 2. The molecular formula is C38H45ClFN5O15S2. The van der Waals surface area contributed by atoms with Gasteiger partial charge in [-0.25, -0.2) is 35.5 Å². The summed E-state index contributed by atoms with van der Waals surface area (Å²) >= 11 is 6.41. The van der Waals surface area contributed by atoms with Crippen molar-refractivity contribution in [2.45, 2.75) is 73.8 Å². The van der Waals surface area contributed by atoms with E-state index in [1.54, 1.807) is 4.72 Å². The lowest BCUT2D eigenvalue weighted by Gasteiger charge is -2.21. The van der Waals surface area contributed by atoms with Gasteiger partial charge in [-0.1, -0.05) is 11.6 Å². The summed E-state index contributed by atoms with van der Waals surface area (Å²) in [4.78, 5) is 72.2. The van der Waals surface area contributed by atoms with Crippen LogP contribution in [0.1, 0.15) is 66.7 Å². The lowest BCUT2D eigenvalue weighted by Crippen LogP contribution is -2.36. The lowest BCUT2D eigenvalue weighted by atomic mass is 9.81. The number of carbonyl (C=O) groups is 5. The van der Waals surface area contributed by atoms with Crippen LogP contribution in [0, 0.1) is 5.92 Å². The van der Waals surface area contributed by atoms with Crippen molar-refractivity contribution >= 4 is 66.8 Å². The second kappa shape index (κ2) is 22.2. The Kier molecular flexibility index (Phi) is 17.7. The highest BCUT2D eigenvalue weighted by Gasteiger charge is 2.38. The van der Waals surface area contributed by atoms with Crippen molar-refractivity contribution in [3.63, 3.8) is 0 Å². The van der Waals surface area contributed by atoms with Crippen molar-refractivity contribution < 1.29 is 73.6 Å². The number of Topliss-reactive ketones (excluding diaryl/α,β-unsaturated/α-hetero) is 3. The Labute approximate surface area is 361 Å². The molecule has 1 aliphatic carbocycles. The van der Waals surface area contributed by atoms with Crippen molar-refractivity contribution in [3.05, 3.63) is 58.4 Å². The second-order valence-electron chi connectivity index (χ2n) is 13.7. The number of anilines is 1. The SMILES string of the molecule is COCC(=O)OC(c1ncccc1S(=O)(=O)NC(=O)Nc1nc(OC)cc(OC)n1)C(C)F.CS(=O)(=O)c1ccc(C(=O)C2C(=O)CCCC2=O)c(Cl)c1COCC1CCCO1. The number of nitrogens with zero attached hydrogens (tertiary/aromatic N) is 3. The minimum Gasteiger partial charge on any atom is -0.481 e. The summed E-state index contributed by atoms with van der Waals surface area (Å²) in [6.45, 7) is 1.38. The summed E-state index contributed by atoms with van der Waals surface area (Å²) in [5, 5.41) is 2.03. The second-order valence-corrected chi connectivity index (χ2v) is 17.7. The lowest BCUT2D eigenvalue weighted by molar-refractivity contribution is -0.157. The number of methoxy groups -OCH3 is 3. The smallest absolute Gasteiger partial charge is 0.335 e. The number of benzene rings is 1. The maximum Gasteiger partial charge on any atom is 0.335 e. The maximum absolute atomic E-state index is 14.2. The third kappa shape index (κ3) is 13.2. The molecule has 1 aromatic carbocycles. The van der Waals surface area contributed by atoms with Crippen LogP contribution in [0.3, 0.4) is 0 Å². The molecule has 338 valence electrons. The highest BCUT2D eigenvalue weighted by Crippen LogP contribution is 2.33. The van der Waals surface area contributed by atoms with E-state index in [4.69, 9.17) is 35.3 Å². The number of hydrogen-bond donors (Lipinski definition) is 2. The van der Waals surface area contributed by atoms with Crippen LogP contribution in [-0.4, -0.2) is 121 Å². The Morgan fingerprint density at radius 3 is 2.21 bits per heavy atom. The molecule has 1 saturated carbocycles. The maximum atomic E-state index is 14.2. The molecule has 20 nitrogen and oxygen atoms in total. The summed E-state index contributed by atoms with van der Waals surface area (Å²) in [6, 6.07) is 4.97. The minimum atomic E-state index is -4.60. The molecule has 2 fully saturated rings. The van der Waals surface area contributed by atoms with E-state index in [9.17, 15) is 45.2 Å². The van der Waals surface area contributed by atoms with E-state index >= 15 is 0 Å². The highest BCUT2D eigenvalue weighted by molar-refractivity contribution is 7.90. The predicted octanol–water partition coefficient (Wildman–Crippen LogP) is 3.55. The van der Waals surface area contributed by atoms with Crippen LogP contribution < -0.4 is 19.5 Å². The van der Waals surface area contributed by atoms with Gasteiger partial charge in [0, 0.05) is 50.1 Å². The number of pyridine rings is 1. The molecule has 1 saturated heterocycles. The van der Waals surface area contributed by atoms with Crippen LogP contribution in [-0.2, 0) is 59.8 Å². The van der Waals surface area contributed by atoms with E-state index in [0.29, 0.717) is 13.0 Å². The zero-order valence-corrected chi connectivity index (χ0v) is 36.6. The van der Waals surface area contributed by atoms with Gasteiger partial charge in [-0.2, -0.15) is 9.97 Å². The van der Waals surface area contributed by atoms with Crippen molar-refractivity contribution in [3.8, 4) is 11.8 Å². The van der Waals surface area contributed by atoms with Crippen LogP contribution in [0.25, 0.3) is 0 Å². The summed E-state index contributed by atoms with van der Waals surface area (Å²) in [5.41, 5.74) is -0.311. The number of sulfone groups is 1. The van der Waals surface area contributed by atoms with Crippen LogP contribution in [0.2, 0.25) is 5.02 Å². The van der Waals surface area contributed by atoms with E-state index in [-0.39, 0.29) is 70.9 Å². The summed E-state index contributed by atoms with van der Waals surface area (Å²) in [6.07, 6.45) is 1.23. The number of ketones is 3. The van der Waals surface area contributed by atoms with E-state index in [1.165, 1.54) is 51.8 Å². The van der Waals surface area contributed by atoms with Gasteiger partial charge in [0.15, 0.2) is 33.3 Å². The summed E-state index contributed by atoms with van der Waals surface area (Å²) in [7, 11) is -4.36. The zero-order valence-electron chi connectivity index (χ0n) is 34.2.